The summed E-state index contributed by atoms with van der Waals surface area (Å²) in [5, 5.41) is 10.6. The molecule has 0 unspecified atom stereocenters. The van der Waals surface area contributed by atoms with Crippen LogP contribution in [0.4, 0.5) is 0 Å². The Balaban J connectivity index is 2.79. The minimum Gasteiger partial charge on any atom is -0.504 e. The molecule has 1 aromatic heterocycles. The molecule has 4 heteroatoms. The van der Waals surface area contributed by atoms with Gasteiger partial charge in [-0.3, -0.25) is 4.79 Å². The maximum Gasteiger partial charge on any atom is 0.212 e. The second-order valence-electron chi connectivity index (χ2n) is 2.98. The molecule has 0 saturated carbocycles. The Hall–Kier alpha value is -1.48. The van der Waals surface area contributed by atoms with Crippen molar-refractivity contribution in [3.8, 4) is 5.75 Å². The fourth-order valence-corrected chi connectivity index (χ4v) is 1.46. The Morgan fingerprint density at radius 2 is 2.21 bits per heavy atom. The van der Waals surface area contributed by atoms with Gasteiger partial charge in [-0.25, -0.2) is 0 Å². The summed E-state index contributed by atoms with van der Waals surface area (Å²) >= 11 is 5.73. The van der Waals surface area contributed by atoms with E-state index in [1.165, 1.54) is 6.92 Å². The van der Waals surface area contributed by atoms with Crippen molar-refractivity contribution in [1.29, 1.82) is 0 Å². The average Bonchev–Trinajstić information content (AvgIpc) is 2.43. The van der Waals surface area contributed by atoms with Crippen LogP contribution < -0.4 is 0 Å². The lowest BCUT2D eigenvalue weighted by Gasteiger charge is -1.88. The van der Waals surface area contributed by atoms with Crippen molar-refractivity contribution in [2.45, 2.75) is 6.92 Å². The van der Waals surface area contributed by atoms with Crippen molar-refractivity contribution in [2.75, 3.05) is 0 Å². The number of hydrogen-bond acceptors (Lipinski definition) is 3. The molecule has 0 bridgehead atoms. The van der Waals surface area contributed by atoms with Gasteiger partial charge in [-0.05, 0) is 12.1 Å². The molecule has 0 saturated heterocycles. The molecule has 0 amide bonds. The van der Waals surface area contributed by atoms with Crippen molar-refractivity contribution in [3.05, 3.63) is 29.0 Å². The van der Waals surface area contributed by atoms with Gasteiger partial charge in [0.05, 0.1) is 5.39 Å². The van der Waals surface area contributed by atoms with E-state index < -0.39 is 0 Å². The standard InChI is InChI=1S/C10H7ClO3/c1-5(12)10-9(13)7-3-2-6(11)4-8(7)14-10/h2-4,13H,1H3. The lowest BCUT2D eigenvalue weighted by molar-refractivity contribution is 0.0985. The Morgan fingerprint density at radius 3 is 2.86 bits per heavy atom. The summed E-state index contributed by atoms with van der Waals surface area (Å²) in [6, 6.07) is 4.80. The average molecular weight is 211 g/mol. The molecule has 2 aromatic rings. The SMILES string of the molecule is CC(=O)c1oc2cc(Cl)ccc2c1O. The second kappa shape index (κ2) is 3.03. The van der Waals surface area contributed by atoms with Crippen molar-refractivity contribution >= 4 is 28.4 Å². The fraction of sp³-hybridized carbons (Fsp3) is 0.100. The molecular weight excluding hydrogens is 204 g/mol. The number of aromatic hydroxyl groups is 1. The molecule has 14 heavy (non-hydrogen) atoms. The van der Waals surface area contributed by atoms with E-state index in [2.05, 4.69) is 0 Å². The minimum atomic E-state index is -0.310. The molecule has 0 aliphatic carbocycles. The topological polar surface area (TPSA) is 50.4 Å². The Bertz CT molecular complexity index is 513. The molecular formula is C10H7ClO3. The molecule has 2 rings (SSSR count). The first-order chi connectivity index (χ1) is 6.59. The van der Waals surface area contributed by atoms with Gasteiger partial charge in [0, 0.05) is 18.0 Å². The van der Waals surface area contributed by atoms with Crippen LogP contribution in [0.2, 0.25) is 5.02 Å². The van der Waals surface area contributed by atoms with Gasteiger partial charge in [0.1, 0.15) is 5.58 Å². The van der Waals surface area contributed by atoms with Crippen molar-refractivity contribution < 1.29 is 14.3 Å². The van der Waals surface area contributed by atoms with Crippen molar-refractivity contribution in [1.82, 2.24) is 0 Å². The summed E-state index contributed by atoms with van der Waals surface area (Å²) in [5.41, 5.74) is 0.417. The lowest BCUT2D eigenvalue weighted by atomic mass is 10.2. The summed E-state index contributed by atoms with van der Waals surface area (Å²) < 4.78 is 5.16. The highest BCUT2D eigenvalue weighted by atomic mass is 35.5. The molecule has 0 fully saturated rings. The zero-order chi connectivity index (χ0) is 10.3. The maximum absolute atomic E-state index is 11.0. The van der Waals surface area contributed by atoms with Crippen molar-refractivity contribution in [3.63, 3.8) is 0 Å². The predicted octanol–water partition coefficient (Wildman–Crippen LogP) is 2.99. The summed E-state index contributed by atoms with van der Waals surface area (Å²) in [5.74, 6) is -0.457. The third-order valence-electron chi connectivity index (χ3n) is 1.95. The smallest absolute Gasteiger partial charge is 0.212 e. The van der Waals surface area contributed by atoms with E-state index in [0.29, 0.717) is 16.0 Å². The summed E-state index contributed by atoms with van der Waals surface area (Å²) in [6.45, 7) is 1.33. The second-order valence-corrected chi connectivity index (χ2v) is 3.41. The zero-order valence-electron chi connectivity index (χ0n) is 7.37. The van der Waals surface area contributed by atoms with Gasteiger partial charge in [-0.15, -0.1) is 0 Å². The third kappa shape index (κ3) is 1.26. The molecule has 0 radical (unpaired) electrons. The largest absolute Gasteiger partial charge is 0.504 e. The van der Waals surface area contributed by atoms with E-state index in [1.54, 1.807) is 18.2 Å². The first kappa shape index (κ1) is 9.09. The van der Waals surface area contributed by atoms with Crippen LogP contribution in [-0.4, -0.2) is 10.9 Å². The van der Waals surface area contributed by atoms with E-state index in [0.717, 1.165) is 0 Å². The van der Waals surface area contributed by atoms with Crippen LogP contribution in [0.25, 0.3) is 11.0 Å². The summed E-state index contributed by atoms with van der Waals surface area (Å²) in [4.78, 5) is 11.0. The van der Waals surface area contributed by atoms with Crippen LogP contribution in [0.3, 0.4) is 0 Å². The van der Waals surface area contributed by atoms with E-state index in [4.69, 9.17) is 16.0 Å². The molecule has 1 heterocycles. The first-order valence-corrected chi connectivity index (χ1v) is 4.39. The molecule has 0 atom stereocenters. The highest BCUT2D eigenvalue weighted by Crippen LogP contribution is 2.33. The van der Waals surface area contributed by atoms with Crippen LogP contribution in [0.5, 0.6) is 5.75 Å². The van der Waals surface area contributed by atoms with Gasteiger partial charge in [0.25, 0.3) is 0 Å². The minimum absolute atomic E-state index is 0.0257. The molecule has 0 aliphatic rings. The molecule has 72 valence electrons. The Kier molecular flexibility index (Phi) is 1.97. The molecule has 3 nitrogen and oxygen atoms in total. The van der Waals surface area contributed by atoms with Crippen molar-refractivity contribution in [2.24, 2.45) is 0 Å². The highest BCUT2D eigenvalue weighted by molar-refractivity contribution is 6.31. The number of carbonyl (C=O) groups is 1. The summed E-state index contributed by atoms with van der Waals surface area (Å²) in [6.07, 6.45) is 0. The normalized spacial score (nSPS) is 10.7. The third-order valence-corrected chi connectivity index (χ3v) is 2.18. The van der Waals surface area contributed by atoms with Gasteiger partial charge in [-0.1, -0.05) is 11.6 Å². The van der Waals surface area contributed by atoms with Crippen LogP contribution in [-0.2, 0) is 0 Å². The first-order valence-electron chi connectivity index (χ1n) is 4.01. The van der Waals surface area contributed by atoms with Crippen LogP contribution in [0, 0.1) is 0 Å². The zero-order valence-corrected chi connectivity index (χ0v) is 8.13. The number of carbonyl (C=O) groups excluding carboxylic acids is 1. The number of furan rings is 1. The van der Waals surface area contributed by atoms with E-state index in [1.807, 2.05) is 0 Å². The quantitative estimate of drug-likeness (QED) is 0.737. The highest BCUT2D eigenvalue weighted by Gasteiger charge is 2.16. The number of fused-ring (bicyclic) bond motifs is 1. The van der Waals surface area contributed by atoms with Gasteiger partial charge in [-0.2, -0.15) is 0 Å². The number of halogens is 1. The molecule has 1 N–H and O–H groups in total. The Morgan fingerprint density at radius 1 is 1.50 bits per heavy atom. The van der Waals surface area contributed by atoms with Gasteiger partial charge in [0.2, 0.25) is 5.76 Å². The number of Topliss-reactive ketones (excluding diaryl/α,β-unsaturated/α-hetero) is 1. The van der Waals surface area contributed by atoms with Gasteiger partial charge >= 0.3 is 0 Å². The number of rotatable bonds is 1. The fourth-order valence-electron chi connectivity index (χ4n) is 1.30. The van der Waals surface area contributed by atoms with E-state index >= 15 is 0 Å². The van der Waals surface area contributed by atoms with E-state index in [-0.39, 0.29) is 17.3 Å². The van der Waals surface area contributed by atoms with Crippen LogP contribution >= 0.6 is 11.6 Å². The predicted molar refractivity (Wildman–Crippen MR) is 52.9 cm³/mol. The van der Waals surface area contributed by atoms with Crippen LogP contribution in [0.1, 0.15) is 17.5 Å². The van der Waals surface area contributed by atoms with E-state index in [9.17, 15) is 9.90 Å². The Labute approximate surface area is 84.9 Å². The number of hydrogen-bond donors (Lipinski definition) is 1. The molecule has 0 spiro atoms. The van der Waals surface area contributed by atoms with Gasteiger partial charge < -0.3 is 9.52 Å². The molecule has 1 aromatic carbocycles. The van der Waals surface area contributed by atoms with Crippen LogP contribution in [0.15, 0.2) is 22.6 Å². The monoisotopic (exact) mass is 210 g/mol. The summed E-state index contributed by atoms with van der Waals surface area (Å²) in [7, 11) is 0. The lowest BCUT2D eigenvalue weighted by Crippen LogP contribution is -1.87. The maximum atomic E-state index is 11.0. The van der Waals surface area contributed by atoms with Gasteiger partial charge in [0.15, 0.2) is 11.5 Å². The number of ketones is 1. The molecule has 0 aliphatic heterocycles. The number of benzene rings is 1.